The van der Waals surface area contributed by atoms with Crippen LogP contribution < -0.4 is 0 Å². The second-order valence-corrected chi connectivity index (χ2v) is 3.28. The van der Waals surface area contributed by atoms with Crippen LogP contribution in [0.3, 0.4) is 0 Å². The van der Waals surface area contributed by atoms with E-state index in [1.165, 1.54) is 10.9 Å². The molecule has 14 heavy (non-hydrogen) atoms. The highest BCUT2D eigenvalue weighted by Gasteiger charge is 2.22. The van der Waals surface area contributed by atoms with Gasteiger partial charge in [0.05, 0.1) is 0 Å². The van der Waals surface area contributed by atoms with Crippen molar-refractivity contribution in [2.24, 2.45) is 0 Å². The second-order valence-electron chi connectivity index (χ2n) is 3.28. The maximum absolute atomic E-state index is 11.5. The van der Waals surface area contributed by atoms with Crippen molar-refractivity contribution in [3.8, 4) is 0 Å². The lowest BCUT2D eigenvalue weighted by molar-refractivity contribution is -0.127. The summed E-state index contributed by atoms with van der Waals surface area (Å²) in [7, 11) is 0. The Morgan fingerprint density at radius 3 is 3.00 bits per heavy atom. The molecule has 1 fully saturated rings. The van der Waals surface area contributed by atoms with Crippen LogP contribution >= 0.6 is 0 Å². The van der Waals surface area contributed by atoms with Crippen LogP contribution in [-0.2, 0) is 4.79 Å². The van der Waals surface area contributed by atoms with Crippen molar-refractivity contribution in [1.82, 2.24) is 14.5 Å². The minimum Gasteiger partial charge on any atom is -0.333 e. The van der Waals surface area contributed by atoms with E-state index in [1.807, 2.05) is 0 Å². The molecule has 5 heteroatoms. The first-order valence-corrected chi connectivity index (χ1v) is 4.56. The van der Waals surface area contributed by atoms with Gasteiger partial charge in [0.25, 0.3) is 5.91 Å². The number of aromatic nitrogens is 2. The highest BCUT2D eigenvalue weighted by Crippen LogP contribution is 2.08. The van der Waals surface area contributed by atoms with Gasteiger partial charge in [0.1, 0.15) is 12.9 Å². The van der Waals surface area contributed by atoms with Crippen LogP contribution in [0.2, 0.25) is 0 Å². The molecule has 1 aliphatic heterocycles. The molecule has 74 valence electrons. The molecule has 1 aromatic rings. The summed E-state index contributed by atoms with van der Waals surface area (Å²) in [6, 6.07) is 0. The van der Waals surface area contributed by atoms with Crippen molar-refractivity contribution < 1.29 is 9.59 Å². The molecule has 1 saturated heterocycles. The Morgan fingerprint density at radius 2 is 2.43 bits per heavy atom. The molecule has 0 spiro atoms. The van der Waals surface area contributed by atoms with Gasteiger partial charge in [-0.3, -0.25) is 14.2 Å². The normalized spacial score (nSPS) is 16.3. The van der Waals surface area contributed by atoms with Gasteiger partial charge in [0, 0.05) is 25.4 Å². The number of likely N-dealkylation sites (tertiary alicyclic amines) is 1. The number of rotatable bonds is 2. The van der Waals surface area contributed by atoms with E-state index in [9.17, 15) is 9.59 Å². The lowest BCUT2D eigenvalue weighted by Crippen LogP contribution is -2.32. The SMILES string of the molecule is O=C1CCCN1CC(=O)n1ccnc1. The number of nitrogens with zero attached hydrogens (tertiary/aromatic N) is 3. The maximum atomic E-state index is 11.5. The lowest BCUT2D eigenvalue weighted by atomic mass is 10.4. The first kappa shape index (κ1) is 8.93. The zero-order valence-corrected chi connectivity index (χ0v) is 7.72. The van der Waals surface area contributed by atoms with Crippen LogP contribution in [-0.4, -0.2) is 39.4 Å². The molecular weight excluding hydrogens is 182 g/mol. The van der Waals surface area contributed by atoms with E-state index in [-0.39, 0.29) is 18.4 Å². The minimum atomic E-state index is -0.113. The first-order valence-electron chi connectivity index (χ1n) is 4.56. The topological polar surface area (TPSA) is 55.2 Å². The lowest BCUT2D eigenvalue weighted by Gasteiger charge is -2.13. The molecule has 5 nitrogen and oxygen atoms in total. The first-order chi connectivity index (χ1) is 6.77. The molecule has 0 saturated carbocycles. The van der Waals surface area contributed by atoms with Crippen molar-refractivity contribution in [3.63, 3.8) is 0 Å². The number of amides is 1. The van der Waals surface area contributed by atoms with Crippen LogP contribution in [0.15, 0.2) is 18.7 Å². The fourth-order valence-corrected chi connectivity index (χ4v) is 1.52. The standard InChI is InChI=1S/C9H11N3O2/c13-8-2-1-4-11(8)6-9(14)12-5-3-10-7-12/h3,5,7H,1-2,4,6H2. The molecule has 0 aromatic carbocycles. The Hall–Kier alpha value is -1.65. The Labute approximate surface area is 81.3 Å². The van der Waals surface area contributed by atoms with Gasteiger partial charge in [-0.2, -0.15) is 0 Å². The largest absolute Gasteiger partial charge is 0.333 e. The third kappa shape index (κ3) is 1.66. The summed E-state index contributed by atoms with van der Waals surface area (Å²) < 4.78 is 1.39. The molecular formula is C9H11N3O2. The molecule has 0 unspecified atom stereocenters. The number of imidazole rings is 1. The molecule has 1 aliphatic rings. The van der Waals surface area contributed by atoms with E-state index in [2.05, 4.69) is 4.98 Å². The van der Waals surface area contributed by atoms with Crippen molar-refractivity contribution in [2.45, 2.75) is 12.8 Å². The molecule has 0 radical (unpaired) electrons. The van der Waals surface area contributed by atoms with Crippen molar-refractivity contribution in [1.29, 1.82) is 0 Å². The smallest absolute Gasteiger partial charge is 0.251 e. The van der Waals surface area contributed by atoms with Gasteiger partial charge in [-0.15, -0.1) is 0 Å². The van der Waals surface area contributed by atoms with Gasteiger partial charge in [-0.05, 0) is 6.42 Å². The molecule has 1 aromatic heterocycles. The fraction of sp³-hybridized carbons (Fsp3) is 0.444. The van der Waals surface area contributed by atoms with Gasteiger partial charge in [0.2, 0.25) is 5.91 Å². The summed E-state index contributed by atoms with van der Waals surface area (Å²) in [5.41, 5.74) is 0. The zero-order valence-electron chi connectivity index (χ0n) is 7.72. The number of hydrogen-bond donors (Lipinski definition) is 0. The molecule has 0 bridgehead atoms. The van der Waals surface area contributed by atoms with E-state index >= 15 is 0 Å². The van der Waals surface area contributed by atoms with Gasteiger partial charge in [0.15, 0.2) is 0 Å². The maximum Gasteiger partial charge on any atom is 0.251 e. The Morgan fingerprint density at radius 1 is 1.57 bits per heavy atom. The van der Waals surface area contributed by atoms with Crippen molar-refractivity contribution in [3.05, 3.63) is 18.7 Å². The van der Waals surface area contributed by atoms with E-state index in [1.54, 1.807) is 17.3 Å². The van der Waals surface area contributed by atoms with Crippen LogP contribution in [0.25, 0.3) is 0 Å². The van der Waals surface area contributed by atoms with Gasteiger partial charge in [-0.1, -0.05) is 0 Å². The van der Waals surface area contributed by atoms with Gasteiger partial charge < -0.3 is 4.90 Å². The summed E-state index contributed by atoms with van der Waals surface area (Å²) in [5, 5.41) is 0. The summed E-state index contributed by atoms with van der Waals surface area (Å²) in [5.74, 6) is -0.0452. The van der Waals surface area contributed by atoms with E-state index < -0.39 is 0 Å². The third-order valence-corrected chi connectivity index (χ3v) is 2.29. The average molecular weight is 193 g/mol. The molecule has 0 N–H and O–H groups in total. The Bertz CT molecular complexity index is 345. The van der Waals surface area contributed by atoms with Gasteiger partial charge >= 0.3 is 0 Å². The zero-order chi connectivity index (χ0) is 9.97. The summed E-state index contributed by atoms with van der Waals surface area (Å²) in [6.07, 6.45) is 6.00. The van der Waals surface area contributed by atoms with Crippen molar-refractivity contribution in [2.75, 3.05) is 13.1 Å². The molecule has 2 heterocycles. The molecule has 1 amide bonds. The Balaban J connectivity index is 1.98. The average Bonchev–Trinajstić information content (AvgIpc) is 2.77. The highest BCUT2D eigenvalue weighted by molar-refractivity contribution is 5.87. The predicted octanol–water partition coefficient (Wildman–Crippen LogP) is 0.146. The quantitative estimate of drug-likeness (QED) is 0.671. The van der Waals surface area contributed by atoms with Crippen LogP contribution in [0, 0.1) is 0 Å². The second kappa shape index (κ2) is 3.61. The molecule has 0 atom stereocenters. The summed E-state index contributed by atoms with van der Waals surface area (Å²) in [6.45, 7) is 0.856. The predicted molar refractivity (Wildman–Crippen MR) is 48.7 cm³/mol. The van der Waals surface area contributed by atoms with Crippen LogP contribution in [0.1, 0.15) is 17.6 Å². The number of hydrogen-bond acceptors (Lipinski definition) is 3. The van der Waals surface area contributed by atoms with Gasteiger partial charge in [-0.25, -0.2) is 4.98 Å². The third-order valence-electron chi connectivity index (χ3n) is 2.29. The van der Waals surface area contributed by atoms with Crippen LogP contribution in [0.4, 0.5) is 0 Å². The Kier molecular flexibility index (Phi) is 2.30. The molecule has 0 aliphatic carbocycles. The van der Waals surface area contributed by atoms with E-state index in [0.29, 0.717) is 13.0 Å². The molecule has 2 rings (SSSR count). The minimum absolute atomic E-state index is 0.0680. The van der Waals surface area contributed by atoms with Crippen molar-refractivity contribution >= 4 is 11.8 Å². The summed E-state index contributed by atoms with van der Waals surface area (Å²) in [4.78, 5) is 28.1. The fourth-order valence-electron chi connectivity index (χ4n) is 1.52. The highest BCUT2D eigenvalue weighted by atomic mass is 16.2. The number of carbonyl (C=O) groups excluding carboxylic acids is 2. The van der Waals surface area contributed by atoms with Crippen LogP contribution in [0.5, 0.6) is 0 Å². The van der Waals surface area contributed by atoms with E-state index in [0.717, 1.165) is 6.42 Å². The monoisotopic (exact) mass is 193 g/mol. The number of carbonyl (C=O) groups is 2. The summed E-state index contributed by atoms with van der Waals surface area (Å²) >= 11 is 0. The van der Waals surface area contributed by atoms with E-state index in [4.69, 9.17) is 0 Å².